The highest BCUT2D eigenvalue weighted by Gasteiger charge is 2.26. The van der Waals surface area contributed by atoms with Gasteiger partial charge in [0.1, 0.15) is 0 Å². The van der Waals surface area contributed by atoms with Crippen molar-refractivity contribution in [2.24, 2.45) is 0 Å². The molecule has 1 aromatic rings. The lowest BCUT2D eigenvalue weighted by atomic mass is 10.1. The Bertz CT molecular complexity index is 460. The number of carbonyl (C=O) groups excluding carboxylic acids is 2. The molecule has 19 heavy (non-hydrogen) atoms. The van der Waals surface area contributed by atoms with Crippen molar-refractivity contribution >= 4 is 11.7 Å². The number of benzene rings is 1. The van der Waals surface area contributed by atoms with Gasteiger partial charge in [-0.25, -0.2) is 0 Å². The molecule has 0 atom stereocenters. The zero-order valence-electron chi connectivity index (χ0n) is 11.6. The highest BCUT2D eigenvalue weighted by atomic mass is 16.2. The van der Waals surface area contributed by atoms with Crippen molar-refractivity contribution in [3.8, 4) is 0 Å². The molecular weight excluding hydrogens is 240 g/mol. The number of carbonyl (C=O) groups is 2. The third-order valence-electron chi connectivity index (χ3n) is 3.61. The van der Waals surface area contributed by atoms with Crippen molar-refractivity contribution in [1.82, 2.24) is 9.80 Å². The molecule has 1 aromatic carbocycles. The lowest BCUT2D eigenvalue weighted by molar-refractivity contribution is -0.128. The molecule has 4 nitrogen and oxygen atoms in total. The molecule has 0 spiro atoms. The Kier molecular flexibility index (Phi) is 4.32. The third-order valence-corrected chi connectivity index (χ3v) is 3.61. The van der Waals surface area contributed by atoms with Crippen LogP contribution >= 0.6 is 0 Å². The normalized spacial score (nSPS) is 16.4. The third kappa shape index (κ3) is 3.20. The molecule has 1 heterocycles. The molecule has 0 saturated carbocycles. The molecule has 1 saturated heterocycles. The quantitative estimate of drug-likeness (QED) is 0.608. The van der Waals surface area contributed by atoms with Crippen LogP contribution in [0.25, 0.3) is 0 Å². The molecule has 0 N–H and O–H groups in total. The van der Waals surface area contributed by atoms with E-state index in [4.69, 9.17) is 0 Å². The summed E-state index contributed by atoms with van der Waals surface area (Å²) in [5.41, 5.74) is 1.56. The fourth-order valence-corrected chi connectivity index (χ4v) is 2.24. The average molecular weight is 260 g/mol. The minimum Gasteiger partial charge on any atom is -0.333 e. The van der Waals surface area contributed by atoms with Crippen LogP contribution in [-0.4, -0.2) is 54.2 Å². The zero-order valence-corrected chi connectivity index (χ0v) is 11.6. The van der Waals surface area contributed by atoms with Crippen molar-refractivity contribution in [3.63, 3.8) is 0 Å². The lowest BCUT2D eigenvalue weighted by Crippen LogP contribution is -2.50. The molecule has 2 rings (SSSR count). The van der Waals surface area contributed by atoms with Gasteiger partial charge in [-0.1, -0.05) is 36.8 Å². The highest BCUT2D eigenvalue weighted by molar-refractivity contribution is 6.42. The monoisotopic (exact) mass is 260 g/mol. The Morgan fingerprint density at radius 1 is 1.05 bits per heavy atom. The van der Waals surface area contributed by atoms with Gasteiger partial charge >= 0.3 is 0 Å². The summed E-state index contributed by atoms with van der Waals surface area (Å²) >= 11 is 0. The first kappa shape index (κ1) is 13.7. The van der Waals surface area contributed by atoms with E-state index >= 15 is 0 Å². The Hall–Kier alpha value is -1.68. The van der Waals surface area contributed by atoms with Crippen LogP contribution in [0.15, 0.2) is 24.3 Å². The van der Waals surface area contributed by atoms with E-state index < -0.39 is 5.78 Å². The average Bonchev–Trinajstić information content (AvgIpc) is 2.46. The van der Waals surface area contributed by atoms with Crippen LogP contribution in [0.5, 0.6) is 0 Å². The van der Waals surface area contributed by atoms with E-state index in [0.717, 1.165) is 25.2 Å². The molecule has 0 aromatic heterocycles. The summed E-state index contributed by atoms with van der Waals surface area (Å²) in [6, 6.07) is 7.15. The van der Waals surface area contributed by atoms with Gasteiger partial charge in [0.25, 0.3) is 5.91 Å². The topological polar surface area (TPSA) is 40.6 Å². The van der Waals surface area contributed by atoms with Gasteiger partial charge in [0.05, 0.1) is 0 Å². The Morgan fingerprint density at radius 3 is 2.16 bits per heavy atom. The van der Waals surface area contributed by atoms with Gasteiger partial charge in [-0.15, -0.1) is 0 Å². The molecule has 102 valence electrons. The summed E-state index contributed by atoms with van der Waals surface area (Å²) in [5.74, 6) is -0.774. The molecular formula is C15H20N2O2. The van der Waals surface area contributed by atoms with E-state index in [0.29, 0.717) is 18.7 Å². The minimum atomic E-state index is -0.398. The molecule has 1 fully saturated rings. The van der Waals surface area contributed by atoms with Crippen molar-refractivity contribution in [2.75, 3.05) is 32.7 Å². The van der Waals surface area contributed by atoms with Crippen LogP contribution in [0.3, 0.4) is 0 Å². The van der Waals surface area contributed by atoms with Crippen molar-refractivity contribution in [2.45, 2.75) is 13.8 Å². The number of likely N-dealkylation sites (N-methyl/N-ethyl adjacent to an activating group) is 1. The molecule has 4 heteroatoms. The lowest BCUT2D eigenvalue weighted by Gasteiger charge is -2.33. The number of ketones is 1. The molecule has 1 aliphatic rings. The summed E-state index contributed by atoms with van der Waals surface area (Å²) in [7, 11) is 0. The number of Topliss-reactive ketones (excluding diaryl/α,β-unsaturated/α-hetero) is 1. The summed E-state index contributed by atoms with van der Waals surface area (Å²) in [4.78, 5) is 28.2. The maximum atomic E-state index is 12.1. The van der Waals surface area contributed by atoms with E-state index in [1.165, 1.54) is 0 Å². The second-order valence-corrected chi connectivity index (χ2v) is 4.92. The SMILES string of the molecule is CCN1CCN(C(=O)C(=O)c2ccc(C)cc2)CC1. The van der Waals surface area contributed by atoms with Gasteiger partial charge in [-0.2, -0.15) is 0 Å². The van der Waals surface area contributed by atoms with Crippen LogP contribution in [-0.2, 0) is 4.79 Å². The summed E-state index contributed by atoms with van der Waals surface area (Å²) < 4.78 is 0. The fraction of sp³-hybridized carbons (Fsp3) is 0.467. The van der Waals surface area contributed by atoms with Gasteiger partial charge in [0.15, 0.2) is 0 Å². The van der Waals surface area contributed by atoms with Gasteiger partial charge in [-0.3, -0.25) is 9.59 Å². The second kappa shape index (κ2) is 5.97. The van der Waals surface area contributed by atoms with Crippen molar-refractivity contribution < 1.29 is 9.59 Å². The van der Waals surface area contributed by atoms with Crippen LogP contribution in [0.4, 0.5) is 0 Å². The fourth-order valence-electron chi connectivity index (χ4n) is 2.24. The first-order chi connectivity index (χ1) is 9.11. The number of hydrogen-bond donors (Lipinski definition) is 0. The van der Waals surface area contributed by atoms with Crippen LogP contribution in [0.1, 0.15) is 22.8 Å². The van der Waals surface area contributed by atoms with Crippen molar-refractivity contribution in [1.29, 1.82) is 0 Å². The largest absolute Gasteiger partial charge is 0.333 e. The zero-order chi connectivity index (χ0) is 13.8. The Morgan fingerprint density at radius 2 is 1.63 bits per heavy atom. The highest BCUT2D eigenvalue weighted by Crippen LogP contribution is 2.08. The van der Waals surface area contributed by atoms with Crippen molar-refractivity contribution in [3.05, 3.63) is 35.4 Å². The number of aryl methyl sites for hydroxylation is 1. The summed E-state index contributed by atoms with van der Waals surface area (Å²) in [5, 5.41) is 0. The maximum Gasteiger partial charge on any atom is 0.295 e. The molecule has 0 bridgehead atoms. The van der Waals surface area contributed by atoms with E-state index in [1.807, 2.05) is 19.1 Å². The predicted octanol–water partition coefficient (Wildman–Crippen LogP) is 1.34. The van der Waals surface area contributed by atoms with Crippen LogP contribution in [0, 0.1) is 6.92 Å². The number of nitrogens with zero attached hydrogens (tertiary/aromatic N) is 2. The molecule has 1 amide bonds. The minimum absolute atomic E-state index is 0.375. The van der Waals surface area contributed by atoms with Crippen LogP contribution < -0.4 is 0 Å². The van der Waals surface area contributed by atoms with Crippen LogP contribution in [0.2, 0.25) is 0 Å². The molecule has 1 aliphatic heterocycles. The second-order valence-electron chi connectivity index (χ2n) is 4.92. The smallest absolute Gasteiger partial charge is 0.295 e. The number of rotatable bonds is 3. The maximum absolute atomic E-state index is 12.1. The molecule has 0 unspecified atom stereocenters. The first-order valence-electron chi connectivity index (χ1n) is 6.74. The van der Waals surface area contributed by atoms with Gasteiger partial charge in [0.2, 0.25) is 5.78 Å². The Balaban J connectivity index is 2.00. The van der Waals surface area contributed by atoms with Gasteiger partial charge in [0, 0.05) is 31.7 Å². The standard InChI is InChI=1S/C15H20N2O2/c1-3-16-8-10-17(11-9-16)15(19)14(18)13-6-4-12(2)5-7-13/h4-7H,3,8-11H2,1-2H3. The predicted molar refractivity (Wildman–Crippen MR) is 74.2 cm³/mol. The Labute approximate surface area is 114 Å². The van der Waals surface area contributed by atoms with E-state index in [1.54, 1.807) is 17.0 Å². The van der Waals surface area contributed by atoms with E-state index in [2.05, 4.69) is 11.8 Å². The summed E-state index contributed by atoms with van der Waals surface area (Å²) in [6.45, 7) is 8.05. The van der Waals surface area contributed by atoms with Gasteiger partial charge in [-0.05, 0) is 13.5 Å². The molecule has 0 radical (unpaired) electrons. The number of piperazine rings is 1. The van der Waals surface area contributed by atoms with Gasteiger partial charge < -0.3 is 9.80 Å². The first-order valence-corrected chi connectivity index (χ1v) is 6.74. The molecule has 0 aliphatic carbocycles. The number of amides is 1. The summed E-state index contributed by atoms with van der Waals surface area (Å²) in [6.07, 6.45) is 0. The number of hydrogen-bond acceptors (Lipinski definition) is 3. The van der Waals surface area contributed by atoms with E-state index in [-0.39, 0.29) is 5.91 Å². The van der Waals surface area contributed by atoms with E-state index in [9.17, 15) is 9.59 Å².